The van der Waals surface area contributed by atoms with Crippen LogP contribution >= 0.6 is 23.2 Å². The van der Waals surface area contributed by atoms with Crippen LogP contribution in [0, 0.1) is 0 Å². The van der Waals surface area contributed by atoms with E-state index in [9.17, 15) is 9.59 Å². The molecule has 1 heterocycles. The number of hydrogen-bond donors (Lipinski definition) is 0. The monoisotopic (exact) mass is 347 g/mol. The first-order valence-corrected chi connectivity index (χ1v) is 8.21. The number of amides is 1. The lowest BCUT2D eigenvalue weighted by molar-refractivity contribution is -0.122. The first kappa shape index (κ1) is 16.0. The molecule has 118 valence electrons. The summed E-state index contributed by atoms with van der Waals surface area (Å²) in [5.41, 5.74) is -0.0399. The van der Waals surface area contributed by atoms with E-state index in [2.05, 4.69) is 0 Å². The van der Waals surface area contributed by atoms with E-state index >= 15 is 0 Å². The van der Waals surface area contributed by atoms with Gasteiger partial charge in [-0.25, -0.2) is 0 Å². The molecule has 0 radical (unpaired) electrons. The van der Waals surface area contributed by atoms with E-state index in [1.165, 1.54) is 0 Å². The van der Waals surface area contributed by atoms with Crippen LogP contribution in [0.5, 0.6) is 0 Å². The zero-order valence-corrected chi connectivity index (χ0v) is 14.0. The van der Waals surface area contributed by atoms with Gasteiger partial charge in [0.1, 0.15) is 4.84 Å². The van der Waals surface area contributed by atoms with Crippen LogP contribution in [-0.2, 0) is 10.2 Å². The van der Waals surface area contributed by atoms with Crippen molar-refractivity contribution in [1.82, 2.24) is 0 Å². The molecule has 3 nitrogen and oxygen atoms in total. The predicted molar refractivity (Wildman–Crippen MR) is 92.4 cm³/mol. The highest BCUT2D eigenvalue weighted by Gasteiger charge is 2.57. The molecule has 23 heavy (non-hydrogen) atoms. The number of carbonyl (C=O) groups excluding carboxylic acids is 2. The van der Waals surface area contributed by atoms with E-state index in [1.54, 1.807) is 53.4 Å². The van der Waals surface area contributed by atoms with Gasteiger partial charge in [-0.2, -0.15) is 0 Å². The number of ketones is 1. The number of rotatable bonds is 3. The first-order chi connectivity index (χ1) is 11.0. The average Bonchev–Trinajstić information content (AvgIpc) is 2.56. The number of hydrogen-bond acceptors (Lipinski definition) is 2. The van der Waals surface area contributed by atoms with Gasteiger partial charge in [0, 0.05) is 12.1 Å². The molecule has 0 fully saturated rings. The highest BCUT2D eigenvalue weighted by molar-refractivity contribution is 6.51. The van der Waals surface area contributed by atoms with Gasteiger partial charge in [0.15, 0.2) is 11.2 Å². The van der Waals surface area contributed by atoms with Crippen molar-refractivity contribution in [1.29, 1.82) is 0 Å². The third-order valence-corrected chi connectivity index (χ3v) is 4.91. The molecule has 5 heteroatoms. The minimum absolute atomic E-state index is 0.357. The number of para-hydroxylation sites is 1. The third kappa shape index (κ3) is 2.19. The number of likely N-dealkylation sites (N-methyl/N-ethyl adjacent to an activating group) is 1. The standard InChI is InChI=1S/C18H15Cl2NO2/c1-2-21-14-11-7-6-10-13(14)15(22)18(16(19)20,17(21)23)12-8-4-3-5-9-12/h3-11,16H,2H2,1H3. The fourth-order valence-electron chi connectivity index (χ4n) is 3.12. The minimum atomic E-state index is -1.62. The summed E-state index contributed by atoms with van der Waals surface area (Å²) in [6, 6.07) is 15.8. The molecule has 0 aliphatic carbocycles. The molecule has 0 saturated carbocycles. The molecule has 2 aromatic rings. The van der Waals surface area contributed by atoms with Crippen molar-refractivity contribution >= 4 is 40.6 Å². The number of halogens is 2. The van der Waals surface area contributed by atoms with E-state index in [0.717, 1.165) is 0 Å². The molecule has 1 aliphatic rings. The Bertz CT molecular complexity index is 761. The summed E-state index contributed by atoms with van der Waals surface area (Å²) in [5, 5.41) is 0. The number of anilines is 1. The van der Waals surface area contributed by atoms with Crippen molar-refractivity contribution in [2.45, 2.75) is 17.2 Å². The molecule has 1 atom stereocenters. The van der Waals surface area contributed by atoms with Crippen LogP contribution in [0.2, 0.25) is 0 Å². The summed E-state index contributed by atoms with van der Waals surface area (Å²) >= 11 is 12.4. The predicted octanol–water partition coefficient (Wildman–Crippen LogP) is 3.98. The molecule has 1 amide bonds. The fourth-order valence-corrected chi connectivity index (χ4v) is 3.76. The second-order valence-electron chi connectivity index (χ2n) is 5.37. The van der Waals surface area contributed by atoms with Crippen molar-refractivity contribution in [2.24, 2.45) is 0 Å². The molecular weight excluding hydrogens is 333 g/mol. The zero-order valence-electron chi connectivity index (χ0n) is 12.5. The van der Waals surface area contributed by atoms with Gasteiger partial charge in [-0.3, -0.25) is 9.59 Å². The Morgan fingerprint density at radius 3 is 2.22 bits per heavy atom. The lowest BCUT2D eigenvalue weighted by Crippen LogP contribution is -2.59. The van der Waals surface area contributed by atoms with E-state index < -0.39 is 10.3 Å². The van der Waals surface area contributed by atoms with Crippen molar-refractivity contribution < 1.29 is 9.59 Å². The van der Waals surface area contributed by atoms with Gasteiger partial charge in [0.05, 0.1) is 5.69 Å². The maximum atomic E-state index is 13.2. The van der Waals surface area contributed by atoms with E-state index in [1.807, 2.05) is 13.0 Å². The van der Waals surface area contributed by atoms with Crippen LogP contribution in [0.3, 0.4) is 0 Å². The normalized spacial score (nSPS) is 20.8. The molecule has 3 rings (SSSR count). The summed E-state index contributed by atoms with van der Waals surface area (Å²) in [6.45, 7) is 2.29. The molecule has 0 saturated heterocycles. The van der Waals surface area contributed by atoms with Crippen LogP contribution in [0.25, 0.3) is 0 Å². The SMILES string of the molecule is CCN1C(=O)C(c2ccccc2)(C(Cl)Cl)C(=O)c2ccccc21. The number of nitrogens with zero attached hydrogens (tertiary/aromatic N) is 1. The summed E-state index contributed by atoms with van der Waals surface area (Å²) in [4.78, 5) is 26.8. The van der Waals surface area contributed by atoms with Gasteiger partial charge in [-0.05, 0) is 24.6 Å². The van der Waals surface area contributed by atoms with Gasteiger partial charge in [-0.1, -0.05) is 42.5 Å². The Morgan fingerprint density at radius 1 is 1.00 bits per heavy atom. The van der Waals surface area contributed by atoms with Crippen LogP contribution in [-0.4, -0.2) is 23.1 Å². The Kier molecular flexibility index (Phi) is 4.17. The third-order valence-electron chi connectivity index (χ3n) is 4.25. The maximum absolute atomic E-state index is 13.2. The Morgan fingerprint density at radius 2 is 1.61 bits per heavy atom. The van der Waals surface area contributed by atoms with Gasteiger partial charge < -0.3 is 4.90 Å². The number of benzene rings is 2. The zero-order chi connectivity index (χ0) is 16.6. The van der Waals surface area contributed by atoms with Crippen molar-refractivity contribution in [3.8, 4) is 0 Å². The molecule has 2 aromatic carbocycles. The van der Waals surface area contributed by atoms with Crippen LogP contribution in [0.1, 0.15) is 22.8 Å². The largest absolute Gasteiger partial charge is 0.311 e. The van der Waals surface area contributed by atoms with E-state index in [4.69, 9.17) is 23.2 Å². The summed E-state index contributed by atoms with van der Waals surface area (Å²) in [6.07, 6.45) is 0. The minimum Gasteiger partial charge on any atom is -0.311 e. The quantitative estimate of drug-likeness (QED) is 0.622. The summed E-state index contributed by atoms with van der Waals surface area (Å²) in [7, 11) is 0. The smallest absolute Gasteiger partial charge is 0.248 e. The molecule has 1 unspecified atom stereocenters. The molecule has 0 aromatic heterocycles. The van der Waals surface area contributed by atoms with E-state index in [0.29, 0.717) is 23.4 Å². The maximum Gasteiger partial charge on any atom is 0.248 e. The average molecular weight is 348 g/mol. The lowest BCUT2D eigenvalue weighted by Gasteiger charge is -2.42. The van der Waals surface area contributed by atoms with E-state index in [-0.39, 0.29) is 11.7 Å². The summed E-state index contributed by atoms with van der Waals surface area (Å²) in [5.74, 6) is -0.742. The molecule has 1 aliphatic heterocycles. The van der Waals surface area contributed by atoms with Gasteiger partial charge in [-0.15, -0.1) is 23.2 Å². The van der Waals surface area contributed by atoms with Crippen LogP contribution in [0.15, 0.2) is 54.6 Å². The Labute approximate surface area is 144 Å². The Balaban J connectivity index is 2.33. The highest BCUT2D eigenvalue weighted by atomic mass is 35.5. The highest BCUT2D eigenvalue weighted by Crippen LogP contribution is 2.45. The molecule has 0 spiro atoms. The van der Waals surface area contributed by atoms with Gasteiger partial charge in [0.2, 0.25) is 5.91 Å². The first-order valence-electron chi connectivity index (χ1n) is 7.34. The van der Waals surface area contributed by atoms with Crippen molar-refractivity contribution in [2.75, 3.05) is 11.4 Å². The number of Topliss-reactive ketones (excluding diaryl/α,β-unsaturated/α-hetero) is 1. The molecular formula is C18H15Cl2NO2. The number of carbonyl (C=O) groups is 2. The van der Waals surface area contributed by atoms with Crippen LogP contribution in [0.4, 0.5) is 5.69 Å². The lowest BCUT2D eigenvalue weighted by atomic mass is 9.71. The Hall–Kier alpha value is -1.84. The van der Waals surface area contributed by atoms with Crippen molar-refractivity contribution in [3.63, 3.8) is 0 Å². The van der Waals surface area contributed by atoms with Crippen molar-refractivity contribution in [3.05, 3.63) is 65.7 Å². The van der Waals surface area contributed by atoms with Gasteiger partial charge in [0.25, 0.3) is 0 Å². The number of fused-ring (bicyclic) bond motifs is 1. The molecule has 0 bridgehead atoms. The summed E-state index contributed by atoms with van der Waals surface area (Å²) < 4.78 is 0. The van der Waals surface area contributed by atoms with Gasteiger partial charge >= 0.3 is 0 Å². The topological polar surface area (TPSA) is 37.4 Å². The fraction of sp³-hybridized carbons (Fsp3) is 0.222. The molecule has 0 N–H and O–H groups in total. The van der Waals surface area contributed by atoms with Crippen LogP contribution < -0.4 is 4.90 Å². The second kappa shape index (κ2) is 5.99. The second-order valence-corrected chi connectivity index (χ2v) is 6.47. The number of alkyl halides is 2.